The first-order valence-electron chi connectivity index (χ1n) is 7.09. The van der Waals surface area contributed by atoms with Gasteiger partial charge < -0.3 is 10.2 Å². The average molecular weight is 323 g/mol. The topological polar surface area (TPSA) is 71.2 Å². The van der Waals surface area contributed by atoms with Gasteiger partial charge in [0.1, 0.15) is 0 Å². The second-order valence-electron chi connectivity index (χ2n) is 5.29. The number of piperazine rings is 1. The zero-order chi connectivity index (χ0) is 16.0. The minimum absolute atomic E-state index is 0.216. The van der Waals surface area contributed by atoms with Crippen LogP contribution in [0.5, 0.6) is 0 Å². The molecule has 2 aromatic heterocycles. The summed E-state index contributed by atoms with van der Waals surface area (Å²) < 4.78 is 40.2. The lowest BCUT2D eigenvalue weighted by atomic mass is 10.2. The van der Waals surface area contributed by atoms with E-state index in [1.807, 2.05) is 4.90 Å². The van der Waals surface area contributed by atoms with E-state index in [1.165, 1.54) is 10.6 Å². The number of nitrogens with one attached hydrogen (secondary N) is 1. The number of fused-ring (bicyclic) bond motifs is 3. The van der Waals surface area contributed by atoms with Crippen molar-refractivity contribution >= 4 is 22.5 Å². The zero-order valence-corrected chi connectivity index (χ0v) is 11.9. The predicted molar refractivity (Wildman–Crippen MR) is 76.2 cm³/mol. The Kier molecular flexibility index (Phi) is 3.08. The van der Waals surface area contributed by atoms with Crippen molar-refractivity contribution in [1.29, 1.82) is 0 Å². The summed E-state index contributed by atoms with van der Waals surface area (Å²) in [6, 6.07) is 3.38. The Morgan fingerprint density at radius 3 is 2.65 bits per heavy atom. The van der Waals surface area contributed by atoms with Gasteiger partial charge in [0.05, 0.1) is 16.6 Å². The summed E-state index contributed by atoms with van der Waals surface area (Å²) in [7, 11) is 0. The molecule has 0 aliphatic carbocycles. The lowest BCUT2D eigenvalue weighted by Crippen LogP contribution is -2.44. The van der Waals surface area contributed by atoms with Crippen molar-refractivity contribution < 1.29 is 13.2 Å². The molecule has 1 saturated heterocycles. The van der Waals surface area contributed by atoms with E-state index in [0.29, 0.717) is 30.1 Å². The van der Waals surface area contributed by atoms with Gasteiger partial charge in [-0.1, -0.05) is 0 Å². The van der Waals surface area contributed by atoms with E-state index in [2.05, 4.69) is 25.8 Å². The van der Waals surface area contributed by atoms with Gasteiger partial charge in [0, 0.05) is 26.2 Å². The minimum Gasteiger partial charge on any atom is -0.351 e. The van der Waals surface area contributed by atoms with Crippen molar-refractivity contribution in [2.45, 2.75) is 6.18 Å². The van der Waals surface area contributed by atoms with Gasteiger partial charge in [0.25, 0.3) is 0 Å². The highest BCUT2D eigenvalue weighted by molar-refractivity contribution is 5.83. The Labute approximate surface area is 128 Å². The summed E-state index contributed by atoms with van der Waals surface area (Å²) in [4.78, 5) is 6.38. The summed E-state index contributed by atoms with van der Waals surface area (Å²) >= 11 is 0. The third kappa shape index (κ3) is 2.34. The van der Waals surface area contributed by atoms with Gasteiger partial charge in [-0.3, -0.25) is 0 Å². The largest absolute Gasteiger partial charge is 0.416 e. The number of alkyl halides is 3. The summed E-state index contributed by atoms with van der Waals surface area (Å²) in [5, 5.41) is 14.7. The van der Waals surface area contributed by atoms with Crippen LogP contribution < -0.4 is 10.2 Å². The molecule has 0 amide bonds. The Balaban J connectivity index is 1.95. The fraction of sp³-hybridized carbons (Fsp3) is 0.385. The Morgan fingerprint density at radius 2 is 1.91 bits per heavy atom. The lowest BCUT2D eigenvalue weighted by Gasteiger charge is -2.28. The maximum atomic E-state index is 12.9. The third-order valence-electron chi connectivity index (χ3n) is 3.84. The molecule has 3 aromatic rings. The fourth-order valence-corrected chi connectivity index (χ4v) is 2.71. The van der Waals surface area contributed by atoms with Crippen molar-refractivity contribution in [3.63, 3.8) is 0 Å². The molecule has 10 heteroatoms. The quantitative estimate of drug-likeness (QED) is 0.723. The number of hydrogen-bond donors (Lipinski definition) is 1. The number of nitrogens with zero attached hydrogens (tertiary/aromatic N) is 6. The molecule has 4 rings (SSSR count). The van der Waals surface area contributed by atoms with Crippen LogP contribution in [-0.2, 0) is 6.18 Å². The van der Waals surface area contributed by atoms with Crippen LogP contribution in [0, 0.1) is 0 Å². The van der Waals surface area contributed by atoms with E-state index in [1.54, 1.807) is 0 Å². The minimum atomic E-state index is -4.42. The van der Waals surface area contributed by atoms with E-state index in [4.69, 9.17) is 0 Å². The maximum absolute atomic E-state index is 12.9. The molecule has 3 heterocycles. The SMILES string of the molecule is FC(F)(F)c1ccc2c(c1)nc(N1CCNCC1)c1nnnn12. The van der Waals surface area contributed by atoms with Gasteiger partial charge in [0.2, 0.25) is 5.65 Å². The molecule has 120 valence electrons. The first-order valence-corrected chi connectivity index (χ1v) is 7.09. The smallest absolute Gasteiger partial charge is 0.351 e. The molecular weight excluding hydrogens is 311 g/mol. The second-order valence-corrected chi connectivity index (χ2v) is 5.29. The Hall–Kier alpha value is -2.49. The molecule has 1 N–H and O–H groups in total. The van der Waals surface area contributed by atoms with E-state index in [-0.39, 0.29) is 5.52 Å². The van der Waals surface area contributed by atoms with Crippen molar-refractivity contribution in [1.82, 2.24) is 30.3 Å². The number of hydrogen-bond acceptors (Lipinski definition) is 6. The van der Waals surface area contributed by atoms with Crippen LogP contribution in [0.15, 0.2) is 18.2 Å². The van der Waals surface area contributed by atoms with Gasteiger partial charge in [0.15, 0.2) is 5.82 Å². The highest BCUT2D eigenvalue weighted by atomic mass is 19.4. The monoisotopic (exact) mass is 323 g/mol. The van der Waals surface area contributed by atoms with Crippen LogP contribution in [-0.4, -0.2) is 51.2 Å². The molecule has 1 aliphatic rings. The first kappa shape index (κ1) is 14.1. The van der Waals surface area contributed by atoms with Gasteiger partial charge in [-0.2, -0.15) is 17.7 Å². The van der Waals surface area contributed by atoms with Crippen LogP contribution in [0.1, 0.15) is 5.56 Å². The number of rotatable bonds is 1. The maximum Gasteiger partial charge on any atom is 0.416 e. The van der Waals surface area contributed by atoms with Crippen LogP contribution >= 0.6 is 0 Å². The Bertz CT molecular complexity index is 867. The molecule has 0 saturated carbocycles. The van der Waals surface area contributed by atoms with Crippen molar-refractivity contribution in [3.05, 3.63) is 23.8 Å². The van der Waals surface area contributed by atoms with Crippen LogP contribution in [0.25, 0.3) is 16.7 Å². The standard InChI is InChI=1S/C13H12F3N7/c14-13(15,16)8-1-2-10-9(7-8)18-11(12-19-20-21-23(10)12)22-5-3-17-4-6-22/h1-2,7,17H,3-6H2. The van der Waals surface area contributed by atoms with Crippen LogP contribution in [0.3, 0.4) is 0 Å². The number of aromatic nitrogens is 5. The molecule has 23 heavy (non-hydrogen) atoms. The van der Waals surface area contributed by atoms with Gasteiger partial charge >= 0.3 is 6.18 Å². The molecule has 0 bridgehead atoms. The zero-order valence-electron chi connectivity index (χ0n) is 11.9. The molecular formula is C13H12F3N7. The van der Waals surface area contributed by atoms with Gasteiger partial charge in [-0.15, -0.1) is 5.10 Å². The molecule has 0 spiro atoms. The van der Waals surface area contributed by atoms with Gasteiger partial charge in [-0.05, 0) is 28.6 Å². The highest BCUT2D eigenvalue weighted by Gasteiger charge is 2.31. The molecule has 1 fully saturated rings. The average Bonchev–Trinajstić information content (AvgIpc) is 3.03. The molecule has 0 atom stereocenters. The van der Waals surface area contributed by atoms with Gasteiger partial charge in [-0.25, -0.2) is 4.98 Å². The van der Waals surface area contributed by atoms with E-state index < -0.39 is 11.7 Å². The molecule has 7 nitrogen and oxygen atoms in total. The van der Waals surface area contributed by atoms with Crippen LogP contribution in [0.2, 0.25) is 0 Å². The highest BCUT2D eigenvalue weighted by Crippen LogP contribution is 2.32. The third-order valence-corrected chi connectivity index (χ3v) is 3.84. The second kappa shape index (κ2) is 5.01. The molecule has 0 unspecified atom stereocenters. The number of benzene rings is 1. The summed E-state index contributed by atoms with van der Waals surface area (Å²) in [6.45, 7) is 2.94. The van der Waals surface area contributed by atoms with Crippen molar-refractivity contribution in [2.75, 3.05) is 31.1 Å². The van der Waals surface area contributed by atoms with E-state index >= 15 is 0 Å². The Morgan fingerprint density at radius 1 is 1.13 bits per heavy atom. The molecule has 1 aromatic carbocycles. The molecule has 1 aliphatic heterocycles. The summed E-state index contributed by atoms with van der Waals surface area (Å²) in [5.74, 6) is 0.503. The van der Waals surface area contributed by atoms with E-state index in [9.17, 15) is 13.2 Å². The summed E-state index contributed by atoms with van der Waals surface area (Å²) in [6.07, 6.45) is -4.42. The lowest BCUT2D eigenvalue weighted by molar-refractivity contribution is -0.137. The number of halogens is 3. The first-order chi connectivity index (χ1) is 11.0. The summed E-state index contributed by atoms with van der Waals surface area (Å²) in [5.41, 5.74) is 0.361. The van der Waals surface area contributed by atoms with Crippen molar-refractivity contribution in [2.24, 2.45) is 0 Å². The number of anilines is 1. The van der Waals surface area contributed by atoms with Crippen molar-refractivity contribution in [3.8, 4) is 0 Å². The molecule has 0 radical (unpaired) electrons. The normalized spacial score (nSPS) is 16.4. The fourth-order valence-electron chi connectivity index (χ4n) is 2.71. The predicted octanol–water partition coefficient (Wildman–Crippen LogP) is 1.10. The van der Waals surface area contributed by atoms with E-state index in [0.717, 1.165) is 25.2 Å². The van der Waals surface area contributed by atoms with Crippen LogP contribution in [0.4, 0.5) is 19.0 Å². The number of tetrazole rings is 1.